The number of hydrogen-bond donors (Lipinski definition) is 1. The second-order valence-electron chi connectivity index (χ2n) is 4.71. The Morgan fingerprint density at radius 1 is 1.14 bits per heavy atom. The van der Waals surface area contributed by atoms with E-state index in [2.05, 4.69) is 37.2 Å². The standard InChI is InChI=1S/C16H15Br2ClFN/c1-3-21-16(10-5-4-6-12(17)9(10)2)11-7-8-13(18)14(19)15(11)20/h4-8,16,21H,3H2,1-2H3. The molecule has 0 saturated heterocycles. The molecule has 5 heteroatoms. The molecule has 0 saturated carbocycles. The zero-order valence-corrected chi connectivity index (χ0v) is 15.6. The second-order valence-corrected chi connectivity index (χ2v) is 6.80. The minimum atomic E-state index is -0.392. The van der Waals surface area contributed by atoms with E-state index < -0.39 is 5.82 Å². The highest BCUT2D eigenvalue weighted by molar-refractivity contribution is 9.10. The maximum atomic E-state index is 14.5. The van der Waals surface area contributed by atoms with Crippen LogP contribution in [0.5, 0.6) is 0 Å². The molecule has 2 aromatic rings. The molecule has 112 valence electrons. The van der Waals surface area contributed by atoms with Crippen LogP contribution in [0.15, 0.2) is 39.3 Å². The quantitative estimate of drug-likeness (QED) is 0.580. The van der Waals surface area contributed by atoms with Crippen LogP contribution in [-0.2, 0) is 0 Å². The lowest BCUT2D eigenvalue weighted by Gasteiger charge is -2.22. The van der Waals surface area contributed by atoms with Gasteiger partial charge in [0.05, 0.1) is 11.1 Å². The lowest BCUT2D eigenvalue weighted by Crippen LogP contribution is -2.24. The van der Waals surface area contributed by atoms with Gasteiger partial charge in [0.2, 0.25) is 0 Å². The highest BCUT2D eigenvalue weighted by atomic mass is 79.9. The normalized spacial score (nSPS) is 12.5. The first-order valence-electron chi connectivity index (χ1n) is 6.59. The van der Waals surface area contributed by atoms with Crippen molar-refractivity contribution in [2.24, 2.45) is 0 Å². The largest absolute Gasteiger partial charge is 0.306 e. The van der Waals surface area contributed by atoms with E-state index in [4.69, 9.17) is 11.6 Å². The van der Waals surface area contributed by atoms with E-state index in [1.165, 1.54) is 0 Å². The Labute approximate surface area is 146 Å². The average Bonchev–Trinajstić information content (AvgIpc) is 2.46. The highest BCUT2D eigenvalue weighted by Crippen LogP contribution is 2.35. The van der Waals surface area contributed by atoms with Gasteiger partial charge in [0.1, 0.15) is 5.82 Å². The van der Waals surface area contributed by atoms with Crippen molar-refractivity contribution >= 4 is 43.5 Å². The van der Waals surface area contributed by atoms with Crippen molar-refractivity contribution in [3.63, 3.8) is 0 Å². The lowest BCUT2D eigenvalue weighted by atomic mass is 9.94. The van der Waals surface area contributed by atoms with Gasteiger partial charge in [-0.2, -0.15) is 0 Å². The molecule has 0 heterocycles. The number of rotatable bonds is 4. The maximum Gasteiger partial charge on any atom is 0.148 e. The van der Waals surface area contributed by atoms with Gasteiger partial charge in [-0.25, -0.2) is 4.39 Å². The zero-order chi connectivity index (χ0) is 15.6. The van der Waals surface area contributed by atoms with E-state index >= 15 is 0 Å². The third kappa shape index (κ3) is 3.50. The van der Waals surface area contributed by atoms with Crippen molar-refractivity contribution < 1.29 is 4.39 Å². The minimum Gasteiger partial charge on any atom is -0.306 e. The fraction of sp³-hybridized carbons (Fsp3) is 0.250. The summed E-state index contributed by atoms with van der Waals surface area (Å²) in [7, 11) is 0. The SMILES string of the molecule is CCNC(c1cccc(Br)c1C)c1ccc(Br)c(Cl)c1F. The predicted octanol–water partition coefficient (Wildman–Crippen LogP) is 6.01. The van der Waals surface area contributed by atoms with Gasteiger partial charge in [0, 0.05) is 14.5 Å². The molecule has 0 fully saturated rings. The molecule has 1 N–H and O–H groups in total. The monoisotopic (exact) mass is 433 g/mol. The number of benzene rings is 2. The van der Waals surface area contributed by atoms with Crippen molar-refractivity contribution in [1.82, 2.24) is 5.32 Å². The molecular formula is C16H15Br2ClFN. The smallest absolute Gasteiger partial charge is 0.148 e. The summed E-state index contributed by atoms with van der Waals surface area (Å²) in [6.07, 6.45) is 0. The molecule has 0 radical (unpaired) electrons. The van der Waals surface area contributed by atoms with Gasteiger partial charge in [-0.15, -0.1) is 0 Å². The van der Waals surface area contributed by atoms with Crippen LogP contribution in [0.25, 0.3) is 0 Å². The third-order valence-electron chi connectivity index (χ3n) is 3.40. The summed E-state index contributed by atoms with van der Waals surface area (Å²) in [5.74, 6) is -0.392. The van der Waals surface area contributed by atoms with Gasteiger partial charge >= 0.3 is 0 Å². The molecule has 0 bridgehead atoms. The summed E-state index contributed by atoms with van der Waals surface area (Å²) in [4.78, 5) is 0. The van der Waals surface area contributed by atoms with E-state index in [9.17, 15) is 4.39 Å². The highest BCUT2D eigenvalue weighted by Gasteiger charge is 2.22. The van der Waals surface area contributed by atoms with Crippen LogP contribution in [0.2, 0.25) is 5.02 Å². The van der Waals surface area contributed by atoms with Gasteiger partial charge < -0.3 is 5.32 Å². The van der Waals surface area contributed by atoms with Crippen LogP contribution < -0.4 is 5.32 Å². The Kier molecular flexibility index (Phi) is 5.83. The molecule has 0 aliphatic carbocycles. The van der Waals surface area contributed by atoms with Crippen molar-refractivity contribution in [2.75, 3.05) is 6.54 Å². The molecule has 2 aromatic carbocycles. The molecule has 21 heavy (non-hydrogen) atoms. The first kappa shape index (κ1) is 16.9. The molecule has 2 rings (SSSR count). The molecule has 1 unspecified atom stereocenters. The second kappa shape index (κ2) is 7.23. The molecule has 0 spiro atoms. The Bertz CT molecular complexity index is 661. The topological polar surface area (TPSA) is 12.0 Å². The third-order valence-corrected chi connectivity index (χ3v) is 5.52. The maximum absolute atomic E-state index is 14.5. The van der Waals surface area contributed by atoms with Crippen LogP contribution in [0.3, 0.4) is 0 Å². The zero-order valence-electron chi connectivity index (χ0n) is 11.7. The van der Waals surface area contributed by atoms with Crippen molar-refractivity contribution in [3.8, 4) is 0 Å². The predicted molar refractivity (Wildman–Crippen MR) is 93.5 cm³/mol. The molecular weight excluding hydrogens is 420 g/mol. The summed E-state index contributed by atoms with van der Waals surface area (Å²) in [6, 6.07) is 9.24. The summed E-state index contributed by atoms with van der Waals surface area (Å²) < 4.78 is 16.1. The Hall–Kier alpha value is -0.420. The van der Waals surface area contributed by atoms with Gasteiger partial charge in [-0.3, -0.25) is 0 Å². The number of hydrogen-bond acceptors (Lipinski definition) is 1. The van der Waals surface area contributed by atoms with Crippen LogP contribution in [0.4, 0.5) is 4.39 Å². The summed E-state index contributed by atoms with van der Waals surface area (Å²) in [6.45, 7) is 4.74. The van der Waals surface area contributed by atoms with E-state index in [-0.39, 0.29) is 11.1 Å². The van der Waals surface area contributed by atoms with E-state index in [0.29, 0.717) is 10.0 Å². The Balaban J connectivity index is 2.59. The number of nitrogens with one attached hydrogen (secondary N) is 1. The Morgan fingerprint density at radius 3 is 2.52 bits per heavy atom. The van der Waals surface area contributed by atoms with Gasteiger partial charge in [0.25, 0.3) is 0 Å². The van der Waals surface area contributed by atoms with Crippen molar-refractivity contribution in [2.45, 2.75) is 19.9 Å². The van der Waals surface area contributed by atoms with Crippen LogP contribution in [-0.4, -0.2) is 6.54 Å². The van der Waals surface area contributed by atoms with E-state index in [1.54, 1.807) is 12.1 Å². The first-order valence-corrected chi connectivity index (χ1v) is 8.55. The lowest BCUT2D eigenvalue weighted by molar-refractivity contribution is 0.557. The van der Waals surface area contributed by atoms with Crippen LogP contribution in [0, 0.1) is 12.7 Å². The molecule has 1 atom stereocenters. The van der Waals surface area contributed by atoms with Gasteiger partial charge in [0.15, 0.2) is 0 Å². The van der Waals surface area contributed by atoms with Crippen molar-refractivity contribution in [3.05, 3.63) is 66.8 Å². The fourth-order valence-corrected chi connectivity index (χ4v) is 3.15. The molecule has 0 aliphatic rings. The van der Waals surface area contributed by atoms with Crippen LogP contribution >= 0.6 is 43.5 Å². The Morgan fingerprint density at radius 2 is 1.86 bits per heavy atom. The minimum absolute atomic E-state index is 0.114. The molecule has 1 nitrogen and oxygen atoms in total. The fourth-order valence-electron chi connectivity index (χ4n) is 2.29. The summed E-state index contributed by atoms with van der Waals surface area (Å²) in [5.41, 5.74) is 2.66. The van der Waals surface area contributed by atoms with E-state index in [0.717, 1.165) is 22.1 Å². The van der Waals surface area contributed by atoms with Gasteiger partial charge in [-0.1, -0.05) is 52.7 Å². The van der Waals surface area contributed by atoms with Gasteiger partial charge in [-0.05, 0) is 52.7 Å². The van der Waals surface area contributed by atoms with E-state index in [1.807, 2.05) is 32.0 Å². The van der Waals surface area contributed by atoms with Crippen molar-refractivity contribution in [1.29, 1.82) is 0 Å². The molecule has 0 aromatic heterocycles. The number of halogens is 4. The molecule has 0 amide bonds. The average molecular weight is 436 g/mol. The molecule has 0 aliphatic heterocycles. The van der Waals surface area contributed by atoms with Crippen LogP contribution in [0.1, 0.15) is 29.7 Å². The first-order chi connectivity index (χ1) is 9.97. The summed E-state index contributed by atoms with van der Waals surface area (Å²) >= 11 is 12.8. The summed E-state index contributed by atoms with van der Waals surface area (Å²) in [5, 5.41) is 3.45.